The summed E-state index contributed by atoms with van der Waals surface area (Å²) in [6.07, 6.45) is 0. The number of nitrogens with one attached hydrogen (secondary N) is 1. The van der Waals surface area contributed by atoms with Crippen LogP contribution < -0.4 is 5.32 Å². The molecule has 6 heteroatoms. The molecule has 0 heterocycles. The Labute approximate surface area is 112 Å². The number of nitrogens with zero attached hydrogens (tertiary/aromatic N) is 1. The summed E-state index contributed by atoms with van der Waals surface area (Å²) in [6.45, 7) is -0.105. The van der Waals surface area contributed by atoms with Crippen molar-refractivity contribution in [2.45, 2.75) is 6.54 Å². The Kier molecular flexibility index (Phi) is 3.89. The van der Waals surface area contributed by atoms with Crippen molar-refractivity contribution in [2.24, 2.45) is 0 Å². The number of benzene rings is 2. The molecule has 0 aromatic heterocycles. The van der Waals surface area contributed by atoms with E-state index in [1.54, 1.807) is 6.07 Å². The highest BCUT2D eigenvalue weighted by Crippen LogP contribution is 2.21. The van der Waals surface area contributed by atoms with Gasteiger partial charge in [0.2, 0.25) is 0 Å². The zero-order valence-electron chi connectivity index (χ0n) is 10.1. The molecular formula is C14H8F4N2. The molecule has 0 saturated heterocycles. The van der Waals surface area contributed by atoms with E-state index in [2.05, 4.69) is 5.32 Å². The van der Waals surface area contributed by atoms with Crippen LogP contribution in [-0.2, 0) is 6.54 Å². The van der Waals surface area contributed by atoms with Gasteiger partial charge in [-0.3, -0.25) is 0 Å². The number of hydrogen-bond donors (Lipinski definition) is 1. The van der Waals surface area contributed by atoms with Crippen LogP contribution in [0.5, 0.6) is 0 Å². The van der Waals surface area contributed by atoms with Crippen LogP contribution in [0.3, 0.4) is 0 Å². The fourth-order valence-electron chi connectivity index (χ4n) is 1.72. The van der Waals surface area contributed by atoms with Gasteiger partial charge in [0.1, 0.15) is 17.3 Å². The van der Waals surface area contributed by atoms with Crippen LogP contribution in [0.4, 0.5) is 23.2 Å². The molecule has 0 saturated carbocycles. The van der Waals surface area contributed by atoms with Crippen molar-refractivity contribution in [3.63, 3.8) is 0 Å². The molecule has 2 nitrogen and oxygen atoms in total. The highest BCUT2D eigenvalue weighted by molar-refractivity contribution is 5.47. The van der Waals surface area contributed by atoms with Crippen LogP contribution in [0.15, 0.2) is 30.3 Å². The molecule has 0 atom stereocenters. The number of halogens is 4. The molecule has 0 aliphatic heterocycles. The maximum absolute atomic E-state index is 13.4. The van der Waals surface area contributed by atoms with E-state index in [1.807, 2.05) is 0 Å². The molecule has 0 unspecified atom stereocenters. The predicted octanol–water partition coefficient (Wildman–Crippen LogP) is 3.73. The van der Waals surface area contributed by atoms with Crippen LogP contribution in [0.25, 0.3) is 0 Å². The Balaban J connectivity index is 2.21. The standard InChI is InChI=1S/C14H8F4N2/c15-10-2-8(6-19)1-9(3-10)7-20-14-12(17)4-11(16)5-13(14)18/h1-5,20H,7H2. The number of anilines is 1. The summed E-state index contributed by atoms with van der Waals surface area (Å²) >= 11 is 0. The highest BCUT2D eigenvalue weighted by atomic mass is 19.1. The van der Waals surface area contributed by atoms with Gasteiger partial charge in [-0.1, -0.05) is 0 Å². The highest BCUT2D eigenvalue weighted by Gasteiger charge is 2.11. The fourth-order valence-corrected chi connectivity index (χ4v) is 1.72. The van der Waals surface area contributed by atoms with E-state index in [-0.39, 0.29) is 12.1 Å². The van der Waals surface area contributed by atoms with Crippen LogP contribution in [0.2, 0.25) is 0 Å². The van der Waals surface area contributed by atoms with Gasteiger partial charge in [0.25, 0.3) is 0 Å². The molecule has 2 aromatic rings. The van der Waals surface area contributed by atoms with E-state index in [4.69, 9.17) is 5.26 Å². The van der Waals surface area contributed by atoms with Gasteiger partial charge in [0.15, 0.2) is 11.6 Å². The van der Waals surface area contributed by atoms with Gasteiger partial charge in [0, 0.05) is 18.7 Å². The number of nitriles is 1. The Hall–Kier alpha value is -2.55. The first-order chi connectivity index (χ1) is 9.49. The summed E-state index contributed by atoms with van der Waals surface area (Å²) in [5, 5.41) is 11.1. The third kappa shape index (κ3) is 3.06. The summed E-state index contributed by atoms with van der Waals surface area (Å²) in [7, 11) is 0. The van der Waals surface area contributed by atoms with Crippen molar-refractivity contribution in [1.29, 1.82) is 5.26 Å². The average Bonchev–Trinajstić information content (AvgIpc) is 2.36. The Bertz CT molecular complexity index is 669. The molecule has 0 aliphatic rings. The summed E-state index contributed by atoms with van der Waals surface area (Å²) in [5.74, 6) is -3.82. The monoisotopic (exact) mass is 280 g/mol. The van der Waals surface area contributed by atoms with Gasteiger partial charge < -0.3 is 5.32 Å². The lowest BCUT2D eigenvalue weighted by atomic mass is 10.1. The van der Waals surface area contributed by atoms with E-state index in [0.717, 1.165) is 12.1 Å². The lowest BCUT2D eigenvalue weighted by molar-refractivity contribution is 0.547. The van der Waals surface area contributed by atoms with Gasteiger partial charge in [-0.15, -0.1) is 0 Å². The molecule has 0 radical (unpaired) electrons. The van der Waals surface area contributed by atoms with Crippen molar-refractivity contribution in [1.82, 2.24) is 0 Å². The second-order valence-electron chi connectivity index (χ2n) is 4.06. The third-order valence-corrected chi connectivity index (χ3v) is 2.56. The van der Waals surface area contributed by atoms with E-state index < -0.39 is 29.0 Å². The smallest absolute Gasteiger partial charge is 0.152 e. The maximum atomic E-state index is 13.4. The van der Waals surface area contributed by atoms with Crippen molar-refractivity contribution < 1.29 is 17.6 Å². The molecule has 20 heavy (non-hydrogen) atoms. The summed E-state index contributed by atoms with van der Waals surface area (Å²) in [4.78, 5) is 0. The van der Waals surface area contributed by atoms with E-state index >= 15 is 0 Å². The summed E-state index contributed by atoms with van der Waals surface area (Å²) in [5.41, 5.74) is -0.0688. The maximum Gasteiger partial charge on any atom is 0.152 e. The van der Waals surface area contributed by atoms with E-state index in [1.165, 1.54) is 6.07 Å². The first-order valence-electron chi connectivity index (χ1n) is 5.57. The van der Waals surface area contributed by atoms with Gasteiger partial charge in [-0.2, -0.15) is 5.26 Å². The Morgan fingerprint density at radius 1 is 0.900 bits per heavy atom. The lowest BCUT2D eigenvalue weighted by Gasteiger charge is -2.09. The zero-order valence-corrected chi connectivity index (χ0v) is 10.1. The van der Waals surface area contributed by atoms with Crippen molar-refractivity contribution in [3.8, 4) is 6.07 Å². The van der Waals surface area contributed by atoms with Crippen LogP contribution >= 0.6 is 0 Å². The molecule has 1 N–H and O–H groups in total. The SMILES string of the molecule is N#Cc1cc(F)cc(CNc2c(F)cc(F)cc2F)c1. The van der Waals surface area contributed by atoms with Crippen molar-refractivity contribution in [2.75, 3.05) is 5.32 Å². The van der Waals surface area contributed by atoms with Crippen LogP contribution in [0, 0.1) is 34.6 Å². The molecule has 2 rings (SSSR count). The van der Waals surface area contributed by atoms with Crippen LogP contribution in [0.1, 0.15) is 11.1 Å². The second-order valence-corrected chi connectivity index (χ2v) is 4.06. The van der Waals surface area contributed by atoms with Gasteiger partial charge >= 0.3 is 0 Å². The van der Waals surface area contributed by atoms with E-state index in [9.17, 15) is 17.6 Å². The number of rotatable bonds is 3. The van der Waals surface area contributed by atoms with Gasteiger partial charge in [0.05, 0.1) is 11.6 Å². The number of hydrogen-bond acceptors (Lipinski definition) is 2. The van der Waals surface area contributed by atoms with Crippen molar-refractivity contribution >= 4 is 5.69 Å². The zero-order chi connectivity index (χ0) is 14.7. The van der Waals surface area contributed by atoms with Crippen molar-refractivity contribution in [3.05, 3.63) is 64.7 Å². The Morgan fingerprint density at radius 2 is 1.50 bits per heavy atom. The molecule has 2 aromatic carbocycles. The topological polar surface area (TPSA) is 35.8 Å². The molecular weight excluding hydrogens is 272 g/mol. The van der Waals surface area contributed by atoms with Gasteiger partial charge in [-0.05, 0) is 23.8 Å². The van der Waals surface area contributed by atoms with E-state index in [0.29, 0.717) is 17.7 Å². The van der Waals surface area contributed by atoms with Gasteiger partial charge in [-0.25, -0.2) is 17.6 Å². The molecule has 102 valence electrons. The minimum absolute atomic E-state index is 0.0989. The predicted molar refractivity (Wildman–Crippen MR) is 64.8 cm³/mol. The average molecular weight is 280 g/mol. The summed E-state index contributed by atoms with van der Waals surface area (Å²) in [6, 6.07) is 6.41. The quantitative estimate of drug-likeness (QED) is 0.870. The minimum Gasteiger partial charge on any atom is -0.376 e. The lowest BCUT2D eigenvalue weighted by Crippen LogP contribution is -2.05. The molecule has 0 fully saturated rings. The molecule has 0 spiro atoms. The molecule has 0 bridgehead atoms. The third-order valence-electron chi connectivity index (χ3n) is 2.56. The minimum atomic E-state index is -1.08. The Morgan fingerprint density at radius 3 is 2.10 bits per heavy atom. The largest absolute Gasteiger partial charge is 0.376 e. The normalized spacial score (nSPS) is 10.2. The van der Waals surface area contributed by atoms with Crippen LogP contribution in [-0.4, -0.2) is 0 Å². The molecule has 0 aliphatic carbocycles. The summed E-state index contributed by atoms with van der Waals surface area (Å²) < 4.78 is 52.6. The molecule has 0 amide bonds. The first kappa shape index (κ1) is 13.9. The first-order valence-corrected chi connectivity index (χ1v) is 5.57. The second kappa shape index (κ2) is 5.61. The fraction of sp³-hybridized carbons (Fsp3) is 0.0714.